The highest BCUT2D eigenvalue weighted by Gasteiger charge is 2.64. The Morgan fingerprint density at radius 2 is 1.81 bits per heavy atom. The Kier molecular flexibility index (Phi) is 4.81. The Labute approximate surface area is 190 Å². The molecular weight excluding hydrogens is 418 g/mol. The van der Waals surface area contributed by atoms with E-state index in [0.29, 0.717) is 11.3 Å². The van der Waals surface area contributed by atoms with Gasteiger partial charge in [0.05, 0.1) is 31.2 Å². The number of ether oxygens (including phenoxy) is 1. The molecule has 0 radical (unpaired) electrons. The summed E-state index contributed by atoms with van der Waals surface area (Å²) in [6.45, 7) is 0. The Hall–Kier alpha value is -3.87. The molecule has 2 aromatic carbocycles. The summed E-state index contributed by atoms with van der Waals surface area (Å²) in [6, 6.07) is 22.1. The molecule has 0 spiro atoms. The molecule has 32 heavy (non-hydrogen) atoms. The molecule has 3 aromatic rings. The van der Waals surface area contributed by atoms with Crippen molar-refractivity contribution < 1.29 is 9.53 Å². The maximum atomic E-state index is 13.9. The van der Waals surface area contributed by atoms with Gasteiger partial charge in [-0.1, -0.05) is 30.3 Å². The fourth-order valence-corrected chi connectivity index (χ4v) is 5.93. The van der Waals surface area contributed by atoms with Crippen LogP contribution >= 0.6 is 11.3 Å². The number of methoxy groups -OCH3 is 1. The van der Waals surface area contributed by atoms with Gasteiger partial charge in [0.25, 0.3) is 0 Å². The van der Waals surface area contributed by atoms with Crippen LogP contribution in [-0.4, -0.2) is 23.8 Å². The number of hydrogen-bond acceptors (Lipinski definition) is 6. The summed E-state index contributed by atoms with van der Waals surface area (Å²) in [6.07, 6.45) is 3.83. The number of thiophene rings is 1. The third-order valence-corrected chi connectivity index (χ3v) is 7.39. The van der Waals surface area contributed by atoms with E-state index in [2.05, 4.69) is 12.1 Å². The van der Waals surface area contributed by atoms with Gasteiger partial charge in [-0.25, -0.2) is 0 Å². The SMILES string of the molecule is COc1ccc(C(=O)[C@@H]2[C@@H](c3cccs3)C(C#N)(C#N)[C@@H]3c4ccccc4C=CN23)cc1. The Morgan fingerprint density at radius 3 is 2.47 bits per heavy atom. The number of nitriles is 2. The van der Waals surface area contributed by atoms with Crippen molar-refractivity contribution in [1.29, 1.82) is 10.5 Å². The van der Waals surface area contributed by atoms with Gasteiger partial charge in [0.2, 0.25) is 0 Å². The Morgan fingerprint density at radius 1 is 1.06 bits per heavy atom. The topological polar surface area (TPSA) is 77.1 Å². The highest BCUT2D eigenvalue weighted by Crippen LogP contribution is 2.60. The van der Waals surface area contributed by atoms with E-state index >= 15 is 0 Å². The van der Waals surface area contributed by atoms with E-state index < -0.39 is 23.4 Å². The predicted octanol–water partition coefficient (Wildman–Crippen LogP) is 5.17. The molecule has 5 nitrogen and oxygen atoms in total. The zero-order chi connectivity index (χ0) is 22.3. The molecule has 1 aromatic heterocycles. The minimum atomic E-state index is -1.42. The van der Waals surface area contributed by atoms with Gasteiger partial charge in [0.15, 0.2) is 11.2 Å². The number of fused-ring (bicyclic) bond motifs is 3. The summed E-state index contributed by atoms with van der Waals surface area (Å²) in [7, 11) is 1.58. The molecule has 6 heteroatoms. The van der Waals surface area contributed by atoms with Crippen LogP contribution in [0, 0.1) is 28.1 Å². The summed E-state index contributed by atoms with van der Waals surface area (Å²) in [5.74, 6) is -0.0452. The molecule has 0 amide bonds. The molecule has 0 bridgehead atoms. The first-order valence-corrected chi connectivity index (χ1v) is 11.1. The average molecular weight is 438 g/mol. The molecule has 2 aliphatic rings. The number of benzene rings is 2. The highest BCUT2D eigenvalue weighted by molar-refractivity contribution is 7.10. The molecule has 1 fully saturated rings. The summed E-state index contributed by atoms with van der Waals surface area (Å²) in [4.78, 5) is 16.7. The van der Waals surface area contributed by atoms with Crippen molar-refractivity contribution in [2.45, 2.75) is 18.0 Å². The summed E-state index contributed by atoms with van der Waals surface area (Å²) in [5, 5.41) is 22.8. The first kappa shape index (κ1) is 20.1. The van der Waals surface area contributed by atoms with Crippen molar-refractivity contribution in [3.63, 3.8) is 0 Å². The van der Waals surface area contributed by atoms with Gasteiger partial charge in [-0.15, -0.1) is 11.3 Å². The van der Waals surface area contributed by atoms with Crippen LogP contribution in [0.1, 0.15) is 38.3 Å². The quantitative estimate of drug-likeness (QED) is 0.527. The predicted molar refractivity (Wildman–Crippen MR) is 122 cm³/mol. The molecule has 0 unspecified atom stereocenters. The molecule has 1 saturated heterocycles. The molecule has 0 N–H and O–H groups in total. The monoisotopic (exact) mass is 437 g/mol. The second-order valence-corrected chi connectivity index (χ2v) is 8.90. The number of carbonyl (C=O) groups is 1. The Balaban J connectivity index is 1.72. The number of Topliss-reactive ketones (excluding diaryl/α,β-unsaturated/α-hetero) is 1. The fraction of sp³-hybridized carbons (Fsp3) is 0.192. The minimum Gasteiger partial charge on any atom is -0.497 e. The number of rotatable bonds is 4. The second kappa shape index (κ2) is 7.67. The lowest BCUT2D eigenvalue weighted by Crippen LogP contribution is -2.37. The van der Waals surface area contributed by atoms with E-state index in [9.17, 15) is 15.3 Å². The lowest BCUT2D eigenvalue weighted by Gasteiger charge is -2.34. The smallest absolute Gasteiger partial charge is 0.185 e. The molecule has 2 aliphatic heterocycles. The van der Waals surface area contributed by atoms with E-state index in [1.54, 1.807) is 31.4 Å². The third-order valence-electron chi connectivity index (χ3n) is 6.44. The zero-order valence-corrected chi connectivity index (χ0v) is 18.1. The van der Waals surface area contributed by atoms with Crippen LogP contribution < -0.4 is 4.74 Å². The standard InChI is InChI=1S/C26H19N3O2S/c1-31-19-10-8-18(9-11-19)24(30)23-22(21-7-4-14-32-21)26(15-27,16-28)25-20-6-3-2-5-17(20)12-13-29(23)25/h2-14,22-23,25H,1H3/t22-,23+,25+/m1/s1. The molecule has 3 atom stereocenters. The lowest BCUT2D eigenvalue weighted by molar-refractivity contribution is 0.0875. The van der Waals surface area contributed by atoms with Crippen molar-refractivity contribution in [1.82, 2.24) is 4.90 Å². The van der Waals surface area contributed by atoms with Crippen LogP contribution in [-0.2, 0) is 0 Å². The van der Waals surface area contributed by atoms with Gasteiger partial charge in [-0.05, 0) is 52.9 Å². The number of carbonyl (C=O) groups excluding carboxylic acids is 1. The van der Waals surface area contributed by atoms with Crippen molar-refractivity contribution in [3.05, 3.63) is 93.8 Å². The highest BCUT2D eigenvalue weighted by atomic mass is 32.1. The average Bonchev–Trinajstić information content (AvgIpc) is 3.48. The van der Waals surface area contributed by atoms with Crippen LogP contribution in [0.5, 0.6) is 5.75 Å². The normalized spacial score (nSPS) is 22.3. The Bertz CT molecular complexity index is 1270. The summed E-state index contributed by atoms with van der Waals surface area (Å²) >= 11 is 1.48. The van der Waals surface area contributed by atoms with Crippen LogP contribution in [0.15, 0.2) is 72.2 Å². The van der Waals surface area contributed by atoms with Crippen molar-refractivity contribution in [2.75, 3.05) is 7.11 Å². The number of hydrogen-bond donors (Lipinski definition) is 0. The van der Waals surface area contributed by atoms with E-state index in [1.807, 2.05) is 59.0 Å². The minimum absolute atomic E-state index is 0.118. The van der Waals surface area contributed by atoms with Gasteiger partial charge in [0, 0.05) is 16.6 Å². The fourth-order valence-electron chi connectivity index (χ4n) is 5.00. The number of ketones is 1. The van der Waals surface area contributed by atoms with E-state index in [1.165, 1.54) is 11.3 Å². The van der Waals surface area contributed by atoms with E-state index in [4.69, 9.17) is 4.74 Å². The molecule has 0 saturated carbocycles. The summed E-state index contributed by atoms with van der Waals surface area (Å²) in [5.41, 5.74) is 0.962. The van der Waals surface area contributed by atoms with E-state index in [0.717, 1.165) is 16.0 Å². The van der Waals surface area contributed by atoms with Crippen LogP contribution in [0.25, 0.3) is 6.08 Å². The first-order valence-electron chi connectivity index (χ1n) is 10.2. The molecule has 5 rings (SSSR count). The van der Waals surface area contributed by atoms with Gasteiger partial charge in [-0.2, -0.15) is 10.5 Å². The van der Waals surface area contributed by atoms with Gasteiger partial charge < -0.3 is 9.64 Å². The second-order valence-electron chi connectivity index (χ2n) is 7.92. The zero-order valence-electron chi connectivity index (χ0n) is 17.3. The lowest BCUT2D eigenvalue weighted by atomic mass is 9.69. The van der Waals surface area contributed by atoms with Gasteiger partial charge in [-0.3, -0.25) is 4.79 Å². The third kappa shape index (κ3) is 2.77. The van der Waals surface area contributed by atoms with Crippen LogP contribution in [0.3, 0.4) is 0 Å². The largest absolute Gasteiger partial charge is 0.497 e. The van der Waals surface area contributed by atoms with Crippen molar-refractivity contribution in [3.8, 4) is 17.9 Å². The van der Waals surface area contributed by atoms with Gasteiger partial charge >= 0.3 is 0 Å². The molecule has 0 aliphatic carbocycles. The van der Waals surface area contributed by atoms with Crippen LogP contribution in [0.2, 0.25) is 0 Å². The van der Waals surface area contributed by atoms with Crippen molar-refractivity contribution >= 4 is 23.2 Å². The summed E-state index contributed by atoms with van der Waals surface area (Å²) < 4.78 is 5.23. The maximum Gasteiger partial charge on any atom is 0.185 e. The molecule has 156 valence electrons. The van der Waals surface area contributed by atoms with Crippen molar-refractivity contribution in [2.24, 2.45) is 5.41 Å². The first-order chi connectivity index (χ1) is 15.6. The number of nitrogens with zero attached hydrogens (tertiary/aromatic N) is 3. The maximum absolute atomic E-state index is 13.9. The molecule has 3 heterocycles. The van der Waals surface area contributed by atoms with Gasteiger partial charge in [0.1, 0.15) is 11.8 Å². The molecular formula is C26H19N3O2S. The van der Waals surface area contributed by atoms with E-state index in [-0.39, 0.29) is 5.78 Å². The van der Waals surface area contributed by atoms with Crippen LogP contribution in [0.4, 0.5) is 0 Å².